The van der Waals surface area contributed by atoms with Crippen molar-refractivity contribution in [3.63, 3.8) is 0 Å². The molecule has 2 aliphatic carbocycles. The minimum Gasteiger partial charge on any atom is -0.147 e. The van der Waals surface area contributed by atoms with Crippen molar-refractivity contribution in [1.29, 1.82) is 0 Å². The summed E-state index contributed by atoms with van der Waals surface area (Å²) in [4.78, 5) is 0. The van der Waals surface area contributed by atoms with Crippen LogP contribution >= 0.6 is 12.4 Å². The molecule has 2 aromatic carbocycles. The molecule has 2 heteroatoms. The molecule has 0 amide bonds. The Hall–Kier alpha value is -1.04. The smallest absolute Gasteiger partial charge is 0.147 e. The first-order valence-corrected chi connectivity index (χ1v) is 14.0. The molecule has 0 radical (unpaired) electrons. The first kappa shape index (κ1) is 21.7. The summed E-state index contributed by atoms with van der Waals surface area (Å²) in [7, 11) is 0. The van der Waals surface area contributed by atoms with Crippen molar-refractivity contribution in [3.8, 4) is 11.1 Å². The second kappa shape index (κ2) is 8.00. The first-order valence-electron chi connectivity index (χ1n) is 10.1. The van der Waals surface area contributed by atoms with E-state index in [2.05, 4.69) is 102 Å². The minimum absolute atomic E-state index is 0. The van der Waals surface area contributed by atoms with E-state index in [0.29, 0.717) is 9.54 Å². The van der Waals surface area contributed by atoms with Crippen molar-refractivity contribution in [2.75, 3.05) is 0 Å². The van der Waals surface area contributed by atoms with Crippen LogP contribution in [0.2, 0.25) is 0 Å². The van der Waals surface area contributed by atoms with Crippen molar-refractivity contribution in [2.45, 2.75) is 45.2 Å². The Bertz CT molecular complexity index is 952. The van der Waals surface area contributed by atoms with Crippen LogP contribution in [0.5, 0.6) is 0 Å². The van der Waals surface area contributed by atoms with Gasteiger partial charge in [0, 0.05) is 0 Å². The summed E-state index contributed by atoms with van der Waals surface area (Å²) < 4.78 is 4.10. The van der Waals surface area contributed by atoms with Gasteiger partial charge in [-0.2, -0.15) is 0 Å². The van der Waals surface area contributed by atoms with Gasteiger partial charge in [-0.15, -0.1) is 12.4 Å². The van der Waals surface area contributed by atoms with Crippen LogP contribution < -0.4 is 0 Å². The monoisotopic (exact) mass is 468 g/mol. The predicted octanol–water partition coefficient (Wildman–Crippen LogP) is 7.51. The number of hydrogen-bond acceptors (Lipinski definition) is 0. The summed E-state index contributed by atoms with van der Waals surface area (Å²) >= 11 is -2.07. The van der Waals surface area contributed by atoms with E-state index in [-0.39, 0.29) is 17.8 Å². The van der Waals surface area contributed by atoms with Crippen LogP contribution in [0.4, 0.5) is 0 Å². The number of allylic oxidation sites excluding steroid dienone is 4. The van der Waals surface area contributed by atoms with Crippen LogP contribution in [0.25, 0.3) is 11.1 Å². The topological polar surface area (TPSA) is 0 Å². The molecule has 28 heavy (non-hydrogen) atoms. The van der Waals surface area contributed by atoms with Crippen LogP contribution in [0.3, 0.4) is 0 Å². The van der Waals surface area contributed by atoms with Crippen molar-refractivity contribution in [1.82, 2.24) is 0 Å². The molecule has 0 nitrogen and oxygen atoms in total. The van der Waals surface area contributed by atoms with E-state index in [1.807, 2.05) is 0 Å². The fraction of sp³-hybridized carbons (Fsp3) is 0.346. The van der Waals surface area contributed by atoms with Gasteiger partial charge in [0.25, 0.3) is 0 Å². The number of rotatable bonds is 2. The molecule has 4 rings (SSSR count). The van der Waals surface area contributed by atoms with Gasteiger partial charge in [0.2, 0.25) is 0 Å². The second-order valence-electron chi connectivity index (χ2n) is 9.28. The Morgan fingerprint density at radius 1 is 0.857 bits per heavy atom. The molecular weight excluding hydrogens is 439 g/mol. The maximum absolute atomic E-state index is 2.59. The van der Waals surface area contributed by atoms with Gasteiger partial charge < -0.3 is 0 Å². The standard InChI is InChI=1S/C13H9.C10H15.C3H6.ClH.Zr/c1-3-7-12-10(5-1)9-11-6-2-4-8-13(11)12;1-8-5-6-9(7-8)10(2,3)4;1-3-2;;/h1-9H;6-8H,1-4H3;1-2H3;1H;. The number of hydrogen-bond donors (Lipinski definition) is 0. The Kier molecular flexibility index (Phi) is 6.19. The summed E-state index contributed by atoms with van der Waals surface area (Å²) in [6.07, 6.45) is 5.13. The molecule has 0 saturated carbocycles. The van der Waals surface area contributed by atoms with E-state index >= 15 is 0 Å². The third kappa shape index (κ3) is 3.62. The first-order chi connectivity index (χ1) is 12.8. The molecule has 146 valence electrons. The van der Waals surface area contributed by atoms with E-state index in [4.69, 9.17) is 0 Å². The van der Waals surface area contributed by atoms with Gasteiger partial charge in [-0.3, -0.25) is 0 Å². The molecule has 1 unspecified atom stereocenters. The zero-order valence-corrected chi connectivity index (χ0v) is 21.1. The normalized spacial score (nSPS) is 18.0. The van der Waals surface area contributed by atoms with Gasteiger partial charge >= 0.3 is 173 Å². The van der Waals surface area contributed by atoms with Gasteiger partial charge in [-0.1, -0.05) is 0 Å². The summed E-state index contributed by atoms with van der Waals surface area (Å²) in [5.74, 6) is 0.587. The summed E-state index contributed by atoms with van der Waals surface area (Å²) in [6, 6.07) is 18.3. The van der Waals surface area contributed by atoms with Crippen molar-refractivity contribution < 1.29 is 21.3 Å². The molecule has 2 aliphatic rings. The molecule has 0 heterocycles. The Morgan fingerprint density at radius 3 is 1.79 bits per heavy atom. The third-order valence-corrected chi connectivity index (χ3v) is 14.7. The summed E-state index contributed by atoms with van der Waals surface area (Å²) in [6.45, 7) is 14.3. The van der Waals surface area contributed by atoms with Crippen LogP contribution in [0.1, 0.15) is 56.3 Å². The van der Waals surface area contributed by atoms with Crippen molar-refractivity contribution in [3.05, 3.63) is 80.7 Å². The minimum atomic E-state index is -2.07. The third-order valence-electron chi connectivity index (χ3n) is 6.07. The number of benzene rings is 2. The Labute approximate surface area is 184 Å². The predicted molar refractivity (Wildman–Crippen MR) is 122 cm³/mol. The largest absolute Gasteiger partial charge is 0.147 e. The van der Waals surface area contributed by atoms with E-state index in [0.717, 1.165) is 0 Å². The van der Waals surface area contributed by atoms with Gasteiger partial charge in [-0.25, -0.2) is 0 Å². The van der Waals surface area contributed by atoms with Gasteiger partial charge in [0.1, 0.15) is 0 Å². The molecule has 0 saturated heterocycles. The fourth-order valence-corrected chi connectivity index (χ4v) is 13.3. The Balaban J connectivity index is 0.00000225. The average Bonchev–Trinajstić information content (AvgIpc) is 3.15. The molecule has 0 bridgehead atoms. The van der Waals surface area contributed by atoms with Gasteiger partial charge in [0.05, 0.1) is 0 Å². The van der Waals surface area contributed by atoms with Crippen LogP contribution in [-0.4, -0.2) is 3.21 Å². The van der Waals surface area contributed by atoms with Crippen molar-refractivity contribution >= 4 is 15.6 Å². The van der Waals surface area contributed by atoms with Crippen molar-refractivity contribution in [2.24, 2.45) is 11.3 Å². The van der Waals surface area contributed by atoms with E-state index in [9.17, 15) is 0 Å². The van der Waals surface area contributed by atoms with Crippen LogP contribution in [0.15, 0.2) is 69.5 Å². The van der Waals surface area contributed by atoms with Gasteiger partial charge in [0.15, 0.2) is 0 Å². The molecule has 1 atom stereocenters. The molecule has 0 spiro atoms. The van der Waals surface area contributed by atoms with E-state index < -0.39 is 21.3 Å². The maximum Gasteiger partial charge on any atom is -0.147 e. The van der Waals surface area contributed by atoms with E-state index in [1.165, 1.54) is 16.7 Å². The molecule has 0 N–H and O–H groups in total. The van der Waals surface area contributed by atoms with E-state index in [1.54, 1.807) is 17.6 Å². The molecular formula is C26H31ClZr. The van der Waals surface area contributed by atoms with Crippen LogP contribution in [0, 0.1) is 11.3 Å². The summed E-state index contributed by atoms with van der Waals surface area (Å²) in [5, 5.41) is 0. The maximum atomic E-state index is 2.59. The molecule has 2 aromatic rings. The zero-order chi connectivity index (χ0) is 19.3. The summed E-state index contributed by atoms with van der Waals surface area (Å²) in [5.41, 5.74) is 7.85. The quantitative estimate of drug-likeness (QED) is 0.426. The second-order valence-corrected chi connectivity index (χ2v) is 16.6. The molecule has 0 fully saturated rings. The zero-order valence-electron chi connectivity index (χ0n) is 17.8. The molecule has 0 aromatic heterocycles. The fourth-order valence-electron chi connectivity index (χ4n) is 4.71. The number of fused-ring (bicyclic) bond motifs is 3. The molecule has 0 aliphatic heterocycles. The average molecular weight is 470 g/mol. The Morgan fingerprint density at radius 2 is 1.36 bits per heavy atom. The van der Waals surface area contributed by atoms with Crippen LogP contribution in [-0.2, 0) is 21.3 Å². The SMILES string of the molecule is C[C](C)=[Zr]([C]1=CC(C(C)(C)C)=CC1C)[CH]1c2ccccc2-c2ccccc21.Cl. The number of halogens is 1. The van der Waals surface area contributed by atoms with Gasteiger partial charge in [-0.05, 0) is 0 Å².